The summed E-state index contributed by atoms with van der Waals surface area (Å²) < 4.78 is 3.07. The monoisotopic (exact) mass is 283 g/mol. The van der Waals surface area contributed by atoms with Gasteiger partial charge in [0.15, 0.2) is 5.16 Å². The molecule has 0 atom stereocenters. The average molecular weight is 283 g/mol. The van der Waals surface area contributed by atoms with Crippen molar-refractivity contribution < 1.29 is 9.90 Å². The minimum atomic E-state index is -0.954. The van der Waals surface area contributed by atoms with Crippen molar-refractivity contribution in [1.29, 1.82) is 0 Å². The van der Waals surface area contributed by atoms with Gasteiger partial charge < -0.3 is 5.11 Å². The Morgan fingerprint density at radius 3 is 2.89 bits per heavy atom. The summed E-state index contributed by atoms with van der Waals surface area (Å²) in [6, 6.07) is 0. The maximum absolute atomic E-state index is 11.7. The van der Waals surface area contributed by atoms with E-state index >= 15 is 0 Å². The highest BCUT2D eigenvalue weighted by Gasteiger charge is 2.13. The van der Waals surface area contributed by atoms with E-state index < -0.39 is 5.97 Å². The Balaban J connectivity index is 2.24. The molecule has 19 heavy (non-hydrogen) atoms. The van der Waals surface area contributed by atoms with Gasteiger partial charge in [0.2, 0.25) is 0 Å². The number of nitrogens with zero attached hydrogens (tertiary/aromatic N) is 4. The molecule has 2 aromatic rings. The van der Waals surface area contributed by atoms with Gasteiger partial charge in [-0.15, -0.1) is 5.10 Å². The van der Waals surface area contributed by atoms with Gasteiger partial charge in [0, 0.05) is 18.8 Å². The molecule has 0 amide bonds. The van der Waals surface area contributed by atoms with Crippen molar-refractivity contribution in [2.75, 3.05) is 5.75 Å². The van der Waals surface area contributed by atoms with Crippen molar-refractivity contribution in [3.63, 3.8) is 0 Å². The van der Waals surface area contributed by atoms with Crippen LogP contribution in [0.25, 0.3) is 0 Å². The van der Waals surface area contributed by atoms with Gasteiger partial charge in [-0.1, -0.05) is 11.8 Å². The molecule has 0 aromatic carbocycles. The molecule has 0 bridgehead atoms. The van der Waals surface area contributed by atoms with Crippen LogP contribution in [-0.2, 0) is 18.4 Å². The van der Waals surface area contributed by atoms with E-state index in [9.17, 15) is 9.59 Å². The summed E-state index contributed by atoms with van der Waals surface area (Å²) in [5.74, 6) is -1.10. The van der Waals surface area contributed by atoms with Crippen LogP contribution in [0.2, 0.25) is 0 Å². The lowest BCUT2D eigenvalue weighted by Crippen LogP contribution is -2.18. The summed E-state index contributed by atoms with van der Waals surface area (Å²) >= 11 is 1.00. The Hall–Kier alpha value is -2.03. The smallest absolute Gasteiger partial charge is 0.344 e. The van der Waals surface area contributed by atoms with E-state index in [0.29, 0.717) is 11.7 Å². The maximum Gasteiger partial charge on any atom is 0.344 e. The lowest BCUT2D eigenvalue weighted by Gasteiger charge is -2.03. The van der Waals surface area contributed by atoms with E-state index in [4.69, 9.17) is 5.11 Å². The second-order valence-electron chi connectivity index (χ2n) is 3.99. The standard InChI is InChI=1S/C10H13N5O3S/c1-6-7(3-14(2)13-6)4-15-9(18)11-12-10(15)19-5-8(16)17/h3H,4-5H2,1-2H3,(H,11,18)(H,16,17). The average Bonchev–Trinajstić information content (AvgIpc) is 2.82. The molecule has 102 valence electrons. The second kappa shape index (κ2) is 5.31. The fourth-order valence-electron chi connectivity index (χ4n) is 1.65. The van der Waals surface area contributed by atoms with Crippen molar-refractivity contribution in [2.24, 2.45) is 7.05 Å². The zero-order valence-corrected chi connectivity index (χ0v) is 11.3. The topological polar surface area (TPSA) is 106 Å². The number of carbonyl (C=O) groups is 1. The number of hydrogen-bond donors (Lipinski definition) is 2. The third kappa shape index (κ3) is 3.05. The first-order valence-electron chi connectivity index (χ1n) is 5.46. The molecule has 2 rings (SSSR count). The molecule has 0 spiro atoms. The van der Waals surface area contributed by atoms with Crippen LogP contribution in [0.4, 0.5) is 0 Å². The van der Waals surface area contributed by atoms with E-state index in [1.54, 1.807) is 11.7 Å². The maximum atomic E-state index is 11.7. The van der Waals surface area contributed by atoms with E-state index in [1.165, 1.54) is 4.57 Å². The highest BCUT2D eigenvalue weighted by Crippen LogP contribution is 2.15. The number of rotatable bonds is 5. The first-order valence-corrected chi connectivity index (χ1v) is 6.45. The third-order valence-electron chi connectivity index (χ3n) is 2.49. The van der Waals surface area contributed by atoms with Gasteiger partial charge in [-0.2, -0.15) is 5.10 Å². The molecular formula is C10H13N5O3S. The molecule has 2 aromatic heterocycles. The van der Waals surface area contributed by atoms with Crippen molar-refractivity contribution in [3.05, 3.63) is 27.9 Å². The fraction of sp³-hybridized carbons (Fsp3) is 0.400. The van der Waals surface area contributed by atoms with Gasteiger partial charge in [0.1, 0.15) is 0 Å². The lowest BCUT2D eigenvalue weighted by atomic mass is 10.3. The van der Waals surface area contributed by atoms with Crippen molar-refractivity contribution >= 4 is 17.7 Å². The Morgan fingerprint density at radius 1 is 1.58 bits per heavy atom. The molecule has 0 radical (unpaired) electrons. The molecule has 8 nitrogen and oxygen atoms in total. The van der Waals surface area contributed by atoms with Gasteiger partial charge in [-0.3, -0.25) is 14.0 Å². The normalized spacial score (nSPS) is 10.8. The number of H-pyrrole nitrogens is 1. The highest BCUT2D eigenvalue weighted by molar-refractivity contribution is 7.99. The minimum absolute atomic E-state index is 0.143. The van der Waals surface area contributed by atoms with E-state index in [-0.39, 0.29) is 11.4 Å². The Labute approximate surface area is 112 Å². The molecule has 9 heteroatoms. The van der Waals surface area contributed by atoms with Crippen LogP contribution in [0.3, 0.4) is 0 Å². The molecule has 0 aliphatic carbocycles. The molecule has 0 saturated heterocycles. The highest BCUT2D eigenvalue weighted by atomic mass is 32.2. The molecule has 0 aliphatic heterocycles. The van der Waals surface area contributed by atoms with E-state index in [0.717, 1.165) is 23.0 Å². The molecule has 0 aliphatic rings. The SMILES string of the molecule is Cc1nn(C)cc1Cn1c(SCC(=O)O)n[nH]c1=O. The number of hydrogen-bond acceptors (Lipinski definition) is 5. The summed E-state index contributed by atoms with van der Waals surface area (Å²) in [7, 11) is 1.80. The fourth-order valence-corrected chi connectivity index (χ4v) is 2.32. The van der Waals surface area contributed by atoms with Crippen LogP contribution in [0.1, 0.15) is 11.3 Å². The number of nitrogens with one attached hydrogen (secondary N) is 1. The largest absolute Gasteiger partial charge is 0.481 e. The Kier molecular flexibility index (Phi) is 3.74. The van der Waals surface area contributed by atoms with Gasteiger partial charge in [0.05, 0.1) is 18.0 Å². The number of carboxylic acids is 1. The summed E-state index contributed by atoms with van der Waals surface area (Å²) in [4.78, 5) is 22.2. The van der Waals surface area contributed by atoms with Crippen LogP contribution < -0.4 is 5.69 Å². The van der Waals surface area contributed by atoms with Gasteiger partial charge in [-0.05, 0) is 6.92 Å². The van der Waals surface area contributed by atoms with E-state index in [1.807, 2.05) is 13.1 Å². The third-order valence-corrected chi connectivity index (χ3v) is 3.45. The molecule has 0 saturated carbocycles. The van der Waals surface area contributed by atoms with Crippen molar-refractivity contribution in [1.82, 2.24) is 24.5 Å². The summed E-state index contributed by atoms with van der Waals surface area (Å²) in [6.07, 6.45) is 1.82. The predicted molar refractivity (Wildman–Crippen MR) is 68.3 cm³/mol. The predicted octanol–water partition coefficient (Wildman–Crippen LogP) is -0.162. The molecular weight excluding hydrogens is 270 g/mol. The summed E-state index contributed by atoms with van der Waals surface area (Å²) in [5.41, 5.74) is 1.35. The number of carboxylic acid groups (broad SMARTS) is 1. The molecule has 2 heterocycles. The molecule has 0 fully saturated rings. The number of thioether (sulfide) groups is 1. The minimum Gasteiger partial charge on any atom is -0.481 e. The summed E-state index contributed by atoms with van der Waals surface area (Å²) in [5, 5.41) is 19.3. The number of aliphatic carboxylic acids is 1. The van der Waals surface area contributed by atoms with Crippen molar-refractivity contribution in [2.45, 2.75) is 18.6 Å². The Bertz CT molecular complexity index is 656. The van der Waals surface area contributed by atoms with Gasteiger partial charge in [-0.25, -0.2) is 9.89 Å². The van der Waals surface area contributed by atoms with Crippen molar-refractivity contribution in [3.8, 4) is 0 Å². The van der Waals surface area contributed by atoms with Crippen LogP contribution in [-0.4, -0.2) is 41.4 Å². The van der Waals surface area contributed by atoms with Gasteiger partial charge in [0.25, 0.3) is 0 Å². The number of aromatic amines is 1. The lowest BCUT2D eigenvalue weighted by molar-refractivity contribution is -0.133. The zero-order valence-electron chi connectivity index (χ0n) is 10.5. The number of aromatic nitrogens is 5. The summed E-state index contributed by atoms with van der Waals surface area (Å²) in [6.45, 7) is 2.17. The van der Waals surface area contributed by atoms with E-state index in [2.05, 4.69) is 15.3 Å². The zero-order chi connectivity index (χ0) is 14.0. The first-order chi connectivity index (χ1) is 8.97. The molecule has 0 unspecified atom stereocenters. The van der Waals surface area contributed by atoms with Crippen LogP contribution in [0, 0.1) is 6.92 Å². The first kappa shape index (κ1) is 13.4. The van der Waals surface area contributed by atoms with Crippen LogP contribution in [0.5, 0.6) is 0 Å². The quantitative estimate of drug-likeness (QED) is 0.738. The van der Waals surface area contributed by atoms with Gasteiger partial charge >= 0.3 is 11.7 Å². The Morgan fingerprint density at radius 2 is 2.32 bits per heavy atom. The number of aryl methyl sites for hydroxylation is 2. The van der Waals surface area contributed by atoms with Crippen LogP contribution in [0.15, 0.2) is 16.1 Å². The van der Waals surface area contributed by atoms with Crippen LogP contribution >= 0.6 is 11.8 Å². The second-order valence-corrected chi connectivity index (χ2v) is 4.94. The molecule has 2 N–H and O–H groups in total.